The van der Waals surface area contributed by atoms with Crippen LogP contribution in [-0.4, -0.2) is 47.4 Å². The van der Waals surface area contributed by atoms with Crippen LogP contribution in [0.3, 0.4) is 0 Å². The van der Waals surface area contributed by atoms with E-state index in [-0.39, 0.29) is 0 Å². The van der Waals surface area contributed by atoms with Gasteiger partial charge in [0.2, 0.25) is 0 Å². The maximum Gasteiger partial charge on any atom is 0.0961 e. The zero-order valence-electron chi connectivity index (χ0n) is 8.71. The molecule has 1 N–H and O–H groups in total. The van der Waals surface area contributed by atoms with Crippen molar-refractivity contribution in [3.63, 3.8) is 0 Å². The molecule has 0 aliphatic carbocycles. The molecule has 2 unspecified atom stereocenters. The molecule has 0 saturated carbocycles. The first-order valence-electron chi connectivity index (χ1n) is 5.94. The molecule has 0 radical (unpaired) electrons. The topological polar surface area (TPSA) is 30.3 Å². The van der Waals surface area contributed by atoms with Crippen LogP contribution in [0, 0.1) is 5.41 Å². The second-order valence-electron chi connectivity index (χ2n) is 4.85. The van der Waals surface area contributed by atoms with Crippen LogP contribution in [0.2, 0.25) is 0 Å². The summed E-state index contributed by atoms with van der Waals surface area (Å²) in [4.78, 5) is 5.02. The highest BCUT2D eigenvalue weighted by atomic mass is 15.3. The molecular weight excluding hydrogens is 174 g/mol. The third kappa shape index (κ3) is 1.18. The monoisotopic (exact) mass is 193 g/mol. The molecule has 0 aromatic carbocycles. The Morgan fingerprint density at radius 1 is 1.00 bits per heavy atom. The predicted octanol–water partition coefficient (Wildman–Crippen LogP) is 1.30. The third-order valence-electron chi connectivity index (χ3n) is 4.13. The number of rotatable bonds is 1. The number of fused-ring (bicyclic) bond motifs is 1. The first-order valence-corrected chi connectivity index (χ1v) is 5.94. The first kappa shape index (κ1) is 8.72. The third-order valence-corrected chi connectivity index (χ3v) is 4.13. The first-order chi connectivity index (χ1) is 6.86. The highest BCUT2D eigenvalue weighted by Crippen LogP contribution is 2.33. The van der Waals surface area contributed by atoms with E-state index in [4.69, 9.17) is 5.41 Å². The standard InChI is InChI=1S/C11H19N3/c12-11-4-2-7-14(11)10-5-8-13-6-1-3-9(10)13/h9-10,12H,1-8H2. The smallest absolute Gasteiger partial charge is 0.0961 e. The van der Waals surface area contributed by atoms with Crippen LogP contribution in [0.4, 0.5) is 0 Å². The average Bonchev–Trinajstić information content (AvgIpc) is 2.78. The molecule has 3 rings (SSSR count). The summed E-state index contributed by atoms with van der Waals surface area (Å²) in [6, 6.07) is 1.47. The average molecular weight is 193 g/mol. The molecule has 3 aliphatic rings. The summed E-state index contributed by atoms with van der Waals surface area (Å²) in [5.74, 6) is 0.906. The Labute approximate surface area is 85.6 Å². The van der Waals surface area contributed by atoms with E-state index in [1.807, 2.05) is 0 Å². The van der Waals surface area contributed by atoms with Gasteiger partial charge < -0.3 is 4.90 Å². The summed E-state index contributed by atoms with van der Waals surface area (Å²) in [7, 11) is 0. The zero-order valence-corrected chi connectivity index (χ0v) is 8.71. The fourth-order valence-electron chi connectivity index (χ4n) is 3.48. The molecule has 14 heavy (non-hydrogen) atoms. The van der Waals surface area contributed by atoms with E-state index < -0.39 is 0 Å². The van der Waals surface area contributed by atoms with Gasteiger partial charge in [-0.25, -0.2) is 0 Å². The Hall–Kier alpha value is -0.570. The van der Waals surface area contributed by atoms with Gasteiger partial charge in [-0.1, -0.05) is 0 Å². The second-order valence-corrected chi connectivity index (χ2v) is 4.85. The largest absolute Gasteiger partial charge is 0.356 e. The van der Waals surface area contributed by atoms with Crippen LogP contribution in [0.25, 0.3) is 0 Å². The summed E-state index contributed by atoms with van der Waals surface area (Å²) >= 11 is 0. The Bertz CT molecular complexity index is 251. The predicted molar refractivity (Wildman–Crippen MR) is 56.7 cm³/mol. The van der Waals surface area contributed by atoms with E-state index in [0.29, 0.717) is 6.04 Å². The van der Waals surface area contributed by atoms with Crippen LogP contribution in [0.5, 0.6) is 0 Å². The number of nitrogens with zero attached hydrogens (tertiary/aromatic N) is 2. The molecule has 0 aromatic heterocycles. The number of amidine groups is 1. The van der Waals surface area contributed by atoms with Crippen molar-refractivity contribution in [2.45, 2.75) is 44.2 Å². The molecule has 3 heterocycles. The number of nitrogens with one attached hydrogen (secondary N) is 1. The quantitative estimate of drug-likeness (QED) is 0.680. The highest BCUT2D eigenvalue weighted by molar-refractivity contribution is 5.81. The van der Waals surface area contributed by atoms with Crippen molar-refractivity contribution in [3.05, 3.63) is 0 Å². The molecule has 78 valence electrons. The van der Waals surface area contributed by atoms with Gasteiger partial charge in [0.25, 0.3) is 0 Å². The molecule has 2 atom stereocenters. The minimum atomic E-state index is 0.687. The molecular formula is C11H19N3. The fourth-order valence-corrected chi connectivity index (χ4v) is 3.48. The van der Waals surface area contributed by atoms with E-state index in [1.54, 1.807) is 0 Å². The lowest BCUT2D eigenvalue weighted by molar-refractivity contribution is 0.244. The Morgan fingerprint density at radius 3 is 2.71 bits per heavy atom. The van der Waals surface area contributed by atoms with Gasteiger partial charge in [-0.3, -0.25) is 10.3 Å². The van der Waals surface area contributed by atoms with E-state index in [0.717, 1.165) is 24.8 Å². The summed E-state index contributed by atoms with van der Waals surface area (Å²) in [6.07, 6.45) is 6.27. The SMILES string of the molecule is N=C1CCCN1C1CCN2CCCC12. The van der Waals surface area contributed by atoms with Crippen molar-refractivity contribution in [2.24, 2.45) is 0 Å². The van der Waals surface area contributed by atoms with Gasteiger partial charge in [0, 0.05) is 31.6 Å². The molecule has 3 heteroatoms. The zero-order chi connectivity index (χ0) is 9.54. The minimum Gasteiger partial charge on any atom is -0.356 e. The lowest BCUT2D eigenvalue weighted by Gasteiger charge is -2.30. The molecule has 3 saturated heterocycles. The van der Waals surface area contributed by atoms with E-state index in [1.165, 1.54) is 38.8 Å². The van der Waals surface area contributed by atoms with Crippen molar-refractivity contribution in [1.29, 1.82) is 5.41 Å². The maximum absolute atomic E-state index is 7.93. The number of hydrogen-bond donors (Lipinski definition) is 1. The molecule has 0 amide bonds. The van der Waals surface area contributed by atoms with Gasteiger partial charge in [0.15, 0.2) is 0 Å². The van der Waals surface area contributed by atoms with Gasteiger partial charge in [-0.2, -0.15) is 0 Å². The van der Waals surface area contributed by atoms with Crippen molar-refractivity contribution in [1.82, 2.24) is 9.80 Å². The van der Waals surface area contributed by atoms with E-state index in [9.17, 15) is 0 Å². The number of hydrogen-bond acceptors (Lipinski definition) is 2. The Morgan fingerprint density at radius 2 is 1.93 bits per heavy atom. The maximum atomic E-state index is 7.93. The van der Waals surface area contributed by atoms with Gasteiger partial charge in [-0.15, -0.1) is 0 Å². The molecule has 0 spiro atoms. The van der Waals surface area contributed by atoms with E-state index in [2.05, 4.69) is 9.80 Å². The van der Waals surface area contributed by atoms with Crippen molar-refractivity contribution in [3.8, 4) is 0 Å². The number of likely N-dealkylation sites (tertiary alicyclic amines) is 1. The van der Waals surface area contributed by atoms with E-state index >= 15 is 0 Å². The van der Waals surface area contributed by atoms with Crippen LogP contribution in [0.1, 0.15) is 32.1 Å². The second kappa shape index (κ2) is 3.23. The lowest BCUT2D eigenvalue weighted by Crippen LogP contribution is -2.43. The minimum absolute atomic E-state index is 0.687. The molecule has 0 bridgehead atoms. The Balaban J connectivity index is 1.75. The molecule has 3 nitrogen and oxygen atoms in total. The highest BCUT2D eigenvalue weighted by Gasteiger charge is 2.41. The van der Waals surface area contributed by atoms with Crippen LogP contribution in [-0.2, 0) is 0 Å². The summed E-state index contributed by atoms with van der Waals surface area (Å²) < 4.78 is 0. The van der Waals surface area contributed by atoms with Crippen LogP contribution >= 0.6 is 0 Å². The summed E-state index contributed by atoms with van der Waals surface area (Å²) in [5, 5.41) is 7.93. The van der Waals surface area contributed by atoms with Crippen molar-refractivity contribution >= 4 is 5.84 Å². The van der Waals surface area contributed by atoms with Gasteiger partial charge in [-0.05, 0) is 32.2 Å². The lowest BCUT2D eigenvalue weighted by atomic mass is 10.1. The van der Waals surface area contributed by atoms with Crippen LogP contribution in [0.15, 0.2) is 0 Å². The molecule has 0 aromatic rings. The van der Waals surface area contributed by atoms with Gasteiger partial charge in [0.05, 0.1) is 5.84 Å². The van der Waals surface area contributed by atoms with Crippen molar-refractivity contribution in [2.75, 3.05) is 19.6 Å². The van der Waals surface area contributed by atoms with Gasteiger partial charge >= 0.3 is 0 Å². The van der Waals surface area contributed by atoms with Gasteiger partial charge in [0.1, 0.15) is 0 Å². The van der Waals surface area contributed by atoms with Crippen LogP contribution < -0.4 is 0 Å². The Kier molecular flexibility index (Phi) is 2.01. The molecule has 3 aliphatic heterocycles. The summed E-state index contributed by atoms with van der Waals surface area (Å²) in [5.41, 5.74) is 0. The normalized spacial score (nSPS) is 38.3. The summed E-state index contributed by atoms with van der Waals surface area (Å²) in [6.45, 7) is 3.73. The fraction of sp³-hybridized carbons (Fsp3) is 0.909. The molecule has 3 fully saturated rings. The van der Waals surface area contributed by atoms with Crippen molar-refractivity contribution < 1.29 is 0 Å².